The van der Waals surface area contributed by atoms with Crippen molar-refractivity contribution in [1.29, 1.82) is 0 Å². The molecule has 1 aromatic heterocycles. The Morgan fingerprint density at radius 1 is 1.50 bits per heavy atom. The van der Waals surface area contributed by atoms with Gasteiger partial charge < -0.3 is 5.11 Å². The highest BCUT2D eigenvalue weighted by Gasteiger charge is 2.22. The Kier molecular flexibility index (Phi) is 4.55. The van der Waals surface area contributed by atoms with Crippen molar-refractivity contribution in [3.05, 3.63) is 28.0 Å². The van der Waals surface area contributed by atoms with Crippen molar-refractivity contribution in [2.45, 2.75) is 17.9 Å². The molecular formula is C9H11Cl2NO3S. The predicted molar refractivity (Wildman–Crippen MR) is 63.4 cm³/mol. The molecule has 1 aromatic rings. The first kappa shape index (κ1) is 13.7. The zero-order chi connectivity index (χ0) is 12.3. The smallest absolute Gasteiger partial charge is 0.160 e. The van der Waals surface area contributed by atoms with Gasteiger partial charge in [0.1, 0.15) is 0 Å². The highest BCUT2D eigenvalue weighted by atomic mass is 35.5. The van der Waals surface area contributed by atoms with Crippen LogP contribution in [0.25, 0.3) is 0 Å². The molecule has 0 aliphatic rings. The third-order valence-electron chi connectivity index (χ3n) is 2.09. The first-order chi connectivity index (χ1) is 7.36. The lowest BCUT2D eigenvalue weighted by Crippen LogP contribution is -2.23. The summed E-state index contributed by atoms with van der Waals surface area (Å²) in [4.78, 5) is 3.86. The lowest BCUT2D eigenvalue weighted by molar-refractivity contribution is 0.295. The van der Waals surface area contributed by atoms with E-state index in [1.54, 1.807) is 0 Å². The lowest BCUT2D eigenvalue weighted by atomic mass is 10.4. The Balaban J connectivity index is 2.97. The fourth-order valence-electron chi connectivity index (χ4n) is 0.995. The monoisotopic (exact) mass is 283 g/mol. The molecule has 1 rings (SSSR count). The predicted octanol–water partition coefficient (Wildman–Crippen LogP) is 1.68. The maximum absolute atomic E-state index is 11.7. The average molecular weight is 284 g/mol. The minimum absolute atomic E-state index is 0.209. The third kappa shape index (κ3) is 3.31. The largest absolute Gasteiger partial charge is 0.395 e. The van der Waals surface area contributed by atoms with Crippen molar-refractivity contribution >= 4 is 33.0 Å². The van der Waals surface area contributed by atoms with E-state index in [0.717, 1.165) is 0 Å². The molecule has 1 unspecified atom stereocenters. The van der Waals surface area contributed by atoms with E-state index < -0.39 is 21.7 Å². The van der Waals surface area contributed by atoms with Crippen LogP contribution in [0, 0.1) is 0 Å². The standard InChI is InChI=1S/C9H11Cl2NO3S/c1-6(4-13)16(14,15)5-9-8(11)2-7(10)3-12-9/h2-3,6,13H,4-5H2,1H3. The fourth-order valence-corrected chi connectivity index (χ4v) is 2.64. The molecule has 0 fully saturated rings. The summed E-state index contributed by atoms with van der Waals surface area (Å²) in [6, 6.07) is 1.44. The van der Waals surface area contributed by atoms with E-state index in [0.29, 0.717) is 5.02 Å². The first-order valence-electron chi connectivity index (χ1n) is 4.49. The summed E-state index contributed by atoms with van der Waals surface area (Å²) in [6.07, 6.45) is 1.34. The van der Waals surface area contributed by atoms with Crippen LogP contribution in [-0.4, -0.2) is 30.4 Å². The zero-order valence-electron chi connectivity index (χ0n) is 8.52. The molecule has 1 N–H and O–H groups in total. The van der Waals surface area contributed by atoms with Gasteiger partial charge in [0.05, 0.1) is 33.3 Å². The number of sulfone groups is 1. The normalized spacial score (nSPS) is 13.8. The first-order valence-corrected chi connectivity index (χ1v) is 6.96. The van der Waals surface area contributed by atoms with E-state index in [4.69, 9.17) is 28.3 Å². The summed E-state index contributed by atoms with van der Waals surface area (Å²) < 4.78 is 23.4. The van der Waals surface area contributed by atoms with Crippen molar-refractivity contribution in [3.8, 4) is 0 Å². The third-order valence-corrected chi connectivity index (χ3v) is 4.68. The Morgan fingerprint density at radius 3 is 2.62 bits per heavy atom. The molecule has 0 aliphatic heterocycles. The summed E-state index contributed by atoms with van der Waals surface area (Å²) in [7, 11) is -3.44. The average Bonchev–Trinajstić information content (AvgIpc) is 2.21. The highest BCUT2D eigenvalue weighted by molar-refractivity contribution is 7.91. The fraction of sp³-hybridized carbons (Fsp3) is 0.444. The molecule has 7 heteroatoms. The van der Waals surface area contributed by atoms with Crippen molar-refractivity contribution < 1.29 is 13.5 Å². The van der Waals surface area contributed by atoms with E-state index in [-0.39, 0.29) is 16.5 Å². The van der Waals surface area contributed by atoms with Crippen LogP contribution < -0.4 is 0 Å². The maximum Gasteiger partial charge on any atom is 0.160 e. The van der Waals surface area contributed by atoms with Crippen LogP contribution >= 0.6 is 23.2 Å². The van der Waals surface area contributed by atoms with Crippen molar-refractivity contribution in [2.24, 2.45) is 0 Å². The number of aliphatic hydroxyl groups is 1. The van der Waals surface area contributed by atoms with E-state index in [1.165, 1.54) is 19.2 Å². The van der Waals surface area contributed by atoms with Crippen LogP contribution in [-0.2, 0) is 15.6 Å². The van der Waals surface area contributed by atoms with Gasteiger partial charge in [-0.15, -0.1) is 0 Å². The second-order valence-corrected chi connectivity index (χ2v) is 6.65. The van der Waals surface area contributed by atoms with Gasteiger partial charge in [0.2, 0.25) is 0 Å². The second-order valence-electron chi connectivity index (χ2n) is 3.38. The second kappa shape index (κ2) is 5.31. The Labute approximate surface area is 104 Å². The molecule has 1 heterocycles. The van der Waals surface area contributed by atoms with Gasteiger partial charge in [-0.1, -0.05) is 23.2 Å². The number of hydrogen-bond donors (Lipinski definition) is 1. The molecule has 90 valence electrons. The van der Waals surface area contributed by atoms with Crippen LogP contribution in [0.5, 0.6) is 0 Å². The molecule has 16 heavy (non-hydrogen) atoms. The van der Waals surface area contributed by atoms with E-state index in [9.17, 15) is 8.42 Å². The maximum atomic E-state index is 11.7. The summed E-state index contributed by atoms with van der Waals surface area (Å²) in [5, 5.41) is 8.53. The van der Waals surface area contributed by atoms with Crippen LogP contribution in [0.2, 0.25) is 10.0 Å². The molecular weight excluding hydrogens is 273 g/mol. The molecule has 0 bridgehead atoms. The molecule has 0 amide bonds. The van der Waals surface area contributed by atoms with Gasteiger partial charge in [0.25, 0.3) is 0 Å². The molecule has 0 radical (unpaired) electrons. The quantitative estimate of drug-likeness (QED) is 0.913. The Morgan fingerprint density at radius 2 is 2.12 bits per heavy atom. The summed E-state index contributed by atoms with van der Waals surface area (Å²) in [6.45, 7) is 1.01. The topological polar surface area (TPSA) is 67.3 Å². The summed E-state index contributed by atoms with van der Waals surface area (Å²) in [5.41, 5.74) is 0.242. The zero-order valence-corrected chi connectivity index (χ0v) is 10.8. The molecule has 0 spiro atoms. The minimum Gasteiger partial charge on any atom is -0.395 e. The molecule has 0 saturated carbocycles. The van der Waals surface area contributed by atoms with Gasteiger partial charge in [-0.3, -0.25) is 4.98 Å². The minimum atomic E-state index is -3.44. The number of aromatic nitrogens is 1. The lowest BCUT2D eigenvalue weighted by Gasteiger charge is -2.10. The van der Waals surface area contributed by atoms with Crippen molar-refractivity contribution in [3.63, 3.8) is 0 Å². The number of aliphatic hydroxyl groups excluding tert-OH is 1. The molecule has 1 atom stereocenters. The van der Waals surface area contributed by atoms with Gasteiger partial charge in [-0.2, -0.15) is 0 Å². The van der Waals surface area contributed by atoms with Gasteiger partial charge >= 0.3 is 0 Å². The molecule has 0 saturated heterocycles. The SMILES string of the molecule is CC(CO)S(=O)(=O)Cc1ncc(Cl)cc1Cl. The van der Waals surface area contributed by atoms with Gasteiger partial charge in [-0.25, -0.2) is 8.42 Å². The summed E-state index contributed by atoms with van der Waals surface area (Å²) >= 11 is 11.5. The number of nitrogens with zero attached hydrogens (tertiary/aromatic N) is 1. The van der Waals surface area contributed by atoms with Crippen molar-refractivity contribution in [2.75, 3.05) is 6.61 Å². The van der Waals surface area contributed by atoms with E-state index >= 15 is 0 Å². The van der Waals surface area contributed by atoms with E-state index in [2.05, 4.69) is 4.98 Å². The van der Waals surface area contributed by atoms with Gasteiger partial charge in [0.15, 0.2) is 9.84 Å². The number of rotatable bonds is 4. The van der Waals surface area contributed by atoms with Gasteiger partial charge in [0, 0.05) is 6.20 Å². The van der Waals surface area contributed by atoms with Crippen LogP contribution in [0.4, 0.5) is 0 Å². The number of pyridine rings is 1. The van der Waals surface area contributed by atoms with Crippen molar-refractivity contribution in [1.82, 2.24) is 4.98 Å². The highest BCUT2D eigenvalue weighted by Crippen LogP contribution is 2.21. The van der Waals surface area contributed by atoms with Gasteiger partial charge in [-0.05, 0) is 13.0 Å². The molecule has 4 nitrogen and oxygen atoms in total. The van der Waals surface area contributed by atoms with E-state index in [1.807, 2.05) is 0 Å². The number of halogens is 2. The van der Waals surface area contributed by atoms with Crippen LogP contribution in [0.3, 0.4) is 0 Å². The Hall–Kier alpha value is -0.360. The Bertz CT molecular complexity index is 476. The summed E-state index contributed by atoms with van der Waals surface area (Å²) in [5.74, 6) is -0.301. The van der Waals surface area contributed by atoms with Crippen LogP contribution in [0.1, 0.15) is 12.6 Å². The number of hydrogen-bond acceptors (Lipinski definition) is 4. The molecule has 0 aromatic carbocycles. The van der Waals surface area contributed by atoms with Crippen LogP contribution in [0.15, 0.2) is 12.3 Å². The molecule has 0 aliphatic carbocycles.